The zero-order chi connectivity index (χ0) is 18.2. The van der Waals surface area contributed by atoms with Gasteiger partial charge in [-0.15, -0.1) is 0 Å². The highest BCUT2D eigenvalue weighted by molar-refractivity contribution is 7.90. The maximum atomic E-state index is 12.9. The van der Waals surface area contributed by atoms with E-state index >= 15 is 0 Å². The Morgan fingerprint density at radius 1 is 1.24 bits per heavy atom. The van der Waals surface area contributed by atoms with E-state index in [4.69, 9.17) is 16.1 Å². The molecule has 0 saturated heterocycles. The number of hydrogen-bond acceptors (Lipinski definition) is 7. The molecule has 0 unspecified atom stereocenters. The SMILES string of the molecule is COC(=O)c1noc(C)c1-c1ccnn1S(=O)(=O)c1ccc(Cl)cc1. The third-order valence-corrected chi connectivity index (χ3v) is 5.31. The third-order valence-electron chi connectivity index (χ3n) is 3.45. The lowest BCUT2D eigenvalue weighted by molar-refractivity contribution is 0.0590. The Hall–Kier alpha value is -2.65. The van der Waals surface area contributed by atoms with Crippen molar-refractivity contribution >= 4 is 27.6 Å². The summed E-state index contributed by atoms with van der Waals surface area (Å²) in [4.78, 5) is 11.9. The summed E-state index contributed by atoms with van der Waals surface area (Å²) in [6, 6.07) is 7.10. The van der Waals surface area contributed by atoms with Crippen LogP contribution in [0.1, 0.15) is 16.2 Å². The first-order chi connectivity index (χ1) is 11.9. The number of aryl methyl sites for hydroxylation is 1. The van der Waals surface area contributed by atoms with Crippen LogP contribution in [-0.2, 0) is 14.8 Å². The van der Waals surface area contributed by atoms with E-state index in [1.165, 1.54) is 43.6 Å². The summed E-state index contributed by atoms with van der Waals surface area (Å²) in [5.41, 5.74) is 0.198. The molecule has 0 atom stereocenters. The van der Waals surface area contributed by atoms with Crippen LogP contribution >= 0.6 is 11.6 Å². The zero-order valence-electron chi connectivity index (χ0n) is 13.1. The molecule has 10 heteroatoms. The van der Waals surface area contributed by atoms with Gasteiger partial charge < -0.3 is 9.26 Å². The van der Waals surface area contributed by atoms with Crippen LogP contribution in [0.15, 0.2) is 45.9 Å². The minimum Gasteiger partial charge on any atom is -0.464 e. The van der Waals surface area contributed by atoms with Crippen LogP contribution in [0.3, 0.4) is 0 Å². The smallest absolute Gasteiger partial charge is 0.360 e. The van der Waals surface area contributed by atoms with Crippen molar-refractivity contribution in [2.45, 2.75) is 11.8 Å². The Morgan fingerprint density at radius 3 is 2.56 bits per heavy atom. The Labute approximate surface area is 148 Å². The second kappa shape index (κ2) is 6.34. The molecule has 0 fully saturated rings. The van der Waals surface area contributed by atoms with Gasteiger partial charge in [0.1, 0.15) is 5.76 Å². The molecule has 25 heavy (non-hydrogen) atoms. The molecule has 2 aromatic heterocycles. The number of carbonyl (C=O) groups is 1. The Balaban J connectivity index is 2.19. The topological polar surface area (TPSA) is 104 Å². The van der Waals surface area contributed by atoms with Crippen LogP contribution in [0.4, 0.5) is 0 Å². The molecule has 0 aliphatic carbocycles. The molecule has 3 rings (SSSR count). The maximum absolute atomic E-state index is 12.9. The molecular formula is C15H12ClN3O5S. The molecule has 1 aromatic carbocycles. The van der Waals surface area contributed by atoms with Crippen LogP contribution in [0.25, 0.3) is 11.3 Å². The summed E-state index contributed by atoms with van der Waals surface area (Å²) in [6.45, 7) is 1.56. The van der Waals surface area contributed by atoms with Gasteiger partial charge in [0.15, 0.2) is 0 Å². The van der Waals surface area contributed by atoms with Crippen LogP contribution < -0.4 is 0 Å². The van der Waals surface area contributed by atoms with Crippen molar-refractivity contribution in [2.75, 3.05) is 7.11 Å². The monoisotopic (exact) mass is 381 g/mol. The number of rotatable bonds is 4. The molecule has 0 N–H and O–H groups in total. The largest absolute Gasteiger partial charge is 0.464 e. The fourth-order valence-electron chi connectivity index (χ4n) is 2.28. The molecule has 0 aliphatic rings. The zero-order valence-corrected chi connectivity index (χ0v) is 14.7. The third kappa shape index (κ3) is 2.92. The lowest BCUT2D eigenvalue weighted by Crippen LogP contribution is -2.16. The summed E-state index contributed by atoms with van der Waals surface area (Å²) < 4.78 is 36.2. The van der Waals surface area contributed by atoms with Crippen molar-refractivity contribution in [3.05, 3.63) is 53.0 Å². The minimum absolute atomic E-state index is 0.00410. The molecular weight excluding hydrogens is 370 g/mol. The van der Waals surface area contributed by atoms with Crippen molar-refractivity contribution < 1.29 is 22.5 Å². The fourth-order valence-corrected chi connectivity index (χ4v) is 3.67. The number of esters is 1. The number of carbonyl (C=O) groups excluding carboxylic acids is 1. The van der Waals surface area contributed by atoms with Gasteiger partial charge in [0.05, 0.1) is 29.5 Å². The fraction of sp³-hybridized carbons (Fsp3) is 0.133. The second-order valence-electron chi connectivity index (χ2n) is 4.97. The predicted octanol–water partition coefficient (Wildman–Crippen LogP) is 2.52. The highest BCUT2D eigenvalue weighted by atomic mass is 35.5. The number of ether oxygens (including phenoxy) is 1. The average molecular weight is 382 g/mol. The van der Waals surface area contributed by atoms with Gasteiger partial charge in [-0.25, -0.2) is 4.79 Å². The van der Waals surface area contributed by atoms with Gasteiger partial charge in [0, 0.05) is 5.02 Å². The molecule has 0 bridgehead atoms. The standard InChI is InChI=1S/C15H12ClN3O5S/c1-9-13(14(18-24-9)15(20)23-2)12-7-8-17-19(12)25(21,22)11-5-3-10(16)4-6-11/h3-8H,1-2H3. The van der Waals surface area contributed by atoms with Gasteiger partial charge >= 0.3 is 5.97 Å². The van der Waals surface area contributed by atoms with Gasteiger partial charge in [0.2, 0.25) is 5.69 Å². The van der Waals surface area contributed by atoms with Crippen LogP contribution in [-0.4, -0.2) is 35.8 Å². The number of halogens is 1. The van der Waals surface area contributed by atoms with Gasteiger partial charge in [-0.3, -0.25) is 0 Å². The number of benzene rings is 1. The first kappa shape index (κ1) is 17.2. The molecule has 8 nitrogen and oxygen atoms in total. The lowest BCUT2D eigenvalue weighted by Gasteiger charge is -2.09. The van der Waals surface area contributed by atoms with Gasteiger partial charge in [-0.05, 0) is 37.3 Å². The molecule has 0 amide bonds. The first-order valence-electron chi connectivity index (χ1n) is 6.96. The molecule has 0 spiro atoms. The Morgan fingerprint density at radius 2 is 1.92 bits per heavy atom. The summed E-state index contributed by atoms with van der Waals surface area (Å²) >= 11 is 5.80. The van der Waals surface area contributed by atoms with E-state index in [0.29, 0.717) is 5.02 Å². The molecule has 0 saturated carbocycles. The van der Waals surface area contributed by atoms with Crippen molar-refractivity contribution in [3.8, 4) is 11.3 Å². The van der Waals surface area contributed by atoms with Gasteiger partial charge in [-0.2, -0.15) is 17.6 Å². The maximum Gasteiger partial charge on any atom is 0.360 e. The molecule has 0 radical (unpaired) electrons. The molecule has 2 heterocycles. The van der Waals surface area contributed by atoms with Crippen molar-refractivity contribution in [1.82, 2.24) is 14.3 Å². The van der Waals surface area contributed by atoms with Crippen LogP contribution in [0.2, 0.25) is 5.02 Å². The summed E-state index contributed by atoms with van der Waals surface area (Å²) in [6.07, 6.45) is 1.30. The quantitative estimate of drug-likeness (QED) is 0.639. The highest BCUT2D eigenvalue weighted by Crippen LogP contribution is 2.30. The molecule has 130 valence electrons. The second-order valence-corrected chi connectivity index (χ2v) is 7.18. The number of methoxy groups -OCH3 is 1. The van der Waals surface area contributed by atoms with Gasteiger partial charge in [-0.1, -0.05) is 16.8 Å². The van der Waals surface area contributed by atoms with Crippen LogP contribution in [0, 0.1) is 6.92 Å². The van der Waals surface area contributed by atoms with E-state index in [2.05, 4.69) is 15.0 Å². The first-order valence-corrected chi connectivity index (χ1v) is 8.78. The number of nitrogens with zero attached hydrogens (tertiary/aromatic N) is 3. The normalized spacial score (nSPS) is 11.5. The van der Waals surface area contributed by atoms with E-state index in [9.17, 15) is 13.2 Å². The Bertz CT molecular complexity index is 1040. The van der Waals surface area contributed by atoms with E-state index in [0.717, 1.165) is 4.09 Å². The van der Waals surface area contributed by atoms with Gasteiger partial charge in [0.25, 0.3) is 10.0 Å². The van der Waals surface area contributed by atoms with E-state index in [1.807, 2.05) is 0 Å². The molecule has 3 aromatic rings. The summed E-state index contributed by atoms with van der Waals surface area (Å²) in [7, 11) is -2.82. The highest BCUT2D eigenvalue weighted by Gasteiger charge is 2.28. The average Bonchev–Trinajstić information content (AvgIpc) is 3.21. The van der Waals surface area contributed by atoms with Crippen molar-refractivity contribution in [2.24, 2.45) is 0 Å². The van der Waals surface area contributed by atoms with E-state index in [-0.39, 0.29) is 27.6 Å². The van der Waals surface area contributed by atoms with E-state index in [1.54, 1.807) is 6.92 Å². The summed E-state index contributed by atoms with van der Waals surface area (Å²) in [5, 5.41) is 7.94. The number of hydrogen-bond donors (Lipinski definition) is 0. The van der Waals surface area contributed by atoms with Crippen molar-refractivity contribution in [1.29, 1.82) is 0 Å². The lowest BCUT2D eigenvalue weighted by atomic mass is 10.1. The van der Waals surface area contributed by atoms with Crippen molar-refractivity contribution in [3.63, 3.8) is 0 Å². The predicted molar refractivity (Wildman–Crippen MR) is 87.8 cm³/mol. The molecule has 0 aliphatic heterocycles. The number of aromatic nitrogens is 3. The minimum atomic E-state index is -4.01. The Kier molecular flexibility index (Phi) is 4.36. The van der Waals surface area contributed by atoms with E-state index < -0.39 is 16.0 Å². The van der Waals surface area contributed by atoms with Crippen LogP contribution in [0.5, 0.6) is 0 Å². The summed E-state index contributed by atoms with van der Waals surface area (Å²) in [5.74, 6) is -0.489.